The van der Waals surface area contributed by atoms with E-state index in [1.54, 1.807) is 25.3 Å². The Labute approximate surface area is 239 Å². The normalized spacial score (nSPS) is 28.3. The summed E-state index contributed by atoms with van der Waals surface area (Å²) in [4.78, 5) is 35.4. The van der Waals surface area contributed by atoms with Gasteiger partial charge < -0.3 is 25.3 Å². The van der Waals surface area contributed by atoms with Gasteiger partial charge in [0.05, 0.1) is 38.7 Å². The Kier molecular flexibility index (Phi) is 9.19. The molecule has 0 aliphatic carbocycles. The zero-order valence-corrected chi connectivity index (χ0v) is 25.1. The van der Waals surface area contributed by atoms with E-state index < -0.39 is 42.6 Å². The van der Waals surface area contributed by atoms with Crippen molar-refractivity contribution in [2.45, 2.75) is 51.0 Å². The number of phosphoric acid groups is 1. The van der Waals surface area contributed by atoms with Gasteiger partial charge in [0.2, 0.25) is 11.8 Å². The van der Waals surface area contributed by atoms with Crippen LogP contribution in [0.2, 0.25) is 0 Å². The molecule has 1 amide bonds. The summed E-state index contributed by atoms with van der Waals surface area (Å²) in [5.41, 5.74) is 5.74. The molecule has 15 nitrogen and oxygen atoms in total. The van der Waals surface area contributed by atoms with Crippen molar-refractivity contribution in [2.24, 2.45) is 5.41 Å². The van der Waals surface area contributed by atoms with Gasteiger partial charge in [0.15, 0.2) is 22.5 Å². The fraction of sp³-hybridized carbons (Fsp3) is 0.682. The van der Waals surface area contributed by atoms with E-state index in [0.717, 1.165) is 11.8 Å². The molecule has 1 unspecified atom stereocenters. The molecular formula is C22H32ClN6O9PS. The number of imidazole rings is 1. The van der Waals surface area contributed by atoms with Crippen LogP contribution >= 0.6 is 31.2 Å². The summed E-state index contributed by atoms with van der Waals surface area (Å²) in [6.45, 7) is 7.10. The maximum atomic E-state index is 13.3. The predicted octanol–water partition coefficient (Wildman–Crippen LogP) is 2.88. The molecule has 3 N–H and O–H groups in total. The van der Waals surface area contributed by atoms with Gasteiger partial charge in [-0.05, 0) is 13.8 Å². The minimum Gasteiger partial charge on any atom is -0.476 e. The van der Waals surface area contributed by atoms with E-state index in [9.17, 15) is 14.2 Å². The molecule has 0 aromatic carbocycles. The first-order valence-corrected chi connectivity index (χ1v) is 15.2. The van der Waals surface area contributed by atoms with Crippen LogP contribution in [0.5, 0.6) is 5.88 Å². The van der Waals surface area contributed by atoms with Gasteiger partial charge in [0, 0.05) is 12.3 Å². The van der Waals surface area contributed by atoms with Crippen molar-refractivity contribution in [3.63, 3.8) is 0 Å². The second-order valence-corrected chi connectivity index (χ2v) is 13.3. The number of nitrogens with two attached hydrogens (primary N) is 1. The van der Waals surface area contributed by atoms with Crippen LogP contribution in [0.3, 0.4) is 0 Å². The lowest BCUT2D eigenvalue weighted by molar-refractivity contribution is -0.117. The average molecular weight is 623 g/mol. The first-order valence-electron chi connectivity index (χ1n) is 12.3. The van der Waals surface area contributed by atoms with Gasteiger partial charge in [-0.15, -0.1) is 11.6 Å². The van der Waals surface area contributed by atoms with Crippen LogP contribution in [0, 0.1) is 5.41 Å². The second-order valence-electron chi connectivity index (χ2n) is 9.79. The molecule has 2 fully saturated rings. The molecule has 0 radical (unpaired) electrons. The Bertz CT molecular complexity index is 1310. The molecule has 222 valence electrons. The third kappa shape index (κ3) is 6.32. The minimum absolute atomic E-state index is 0.0126. The number of fused-ring (bicyclic) bond motifs is 2. The molecular weight excluding hydrogens is 591 g/mol. The predicted molar refractivity (Wildman–Crippen MR) is 145 cm³/mol. The molecule has 2 saturated heterocycles. The van der Waals surface area contributed by atoms with Gasteiger partial charge in [-0.3, -0.25) is 22.9 Å². The number of methoxy groups -OCH3 is 1. The molecule has 0 bridgehead atoms. The highest BCUT2D eigenvalue weighted by Gasteiger charge is 2.60. The van der Waals surface area contributed by atoms with E-state index in [0.29, 0.717) is 17.8 Å². The summed E-state index contributed by atoms with van der Waals surface area (Å²) in [6.07, 6.45) is -1.53. The van der Waals surface area contributed by atoms with E-state index in [1.165, 1.54) is 13.4 Å². The third-order valence-electron chi connectivity index (χ3n) is 6.24. The number of thioether (sulfide) groups is 1. The smallest absolute Gasteiger partial charge is 0.475 e. The van der Waals surface area contributed by atoms with Gasteiger partial charge in [-0.1, -0.05) is 25.6 Å². The Balaban J connectivity index is 1.38. The zero-order chi connectivity index (χ0) is 29.3. The quantitative estimate of drug-likeness (QED) is 0.223. The van der Waals surface area contributed by atoms with E-state index in [2.05, 4.69) is 25.0 Å². The van der Waals surface area contributed by atoms with Crippen LogP contribution in [0.1, 0.15) is 33.9 Å². The highest BCUT2D eigenvalue weighted by Crippen LogP contribution is 2.60. The van der Waals surface area contributed by atoms with Crippen molar-refractivity contribution in [3.05, 3.63) is 6.33 Å². The topological polar surface area (TPSA) is 188 Å². The van der Waals surface area contributed by atoms with Crippen LogP contribution in [-0.2, 0) is 32.4 Å². The molecule has 2 aromatic heterocycles. The number of nitrogen functional groups attached to an aromatic ring is 1. The van der Waals surface area contributed by atoms with Crippen LogP contribution in [-0.4, -0.2) is 87.0 Å². The number of anilines is 1. The number of nitrogens with one attached hydrogen (secondary N) is 1. The van der Waals surface area contributed by atoms with E-state index in [4.69, 9.17) is 40.4 Å². The Morgan fingerprint density at radius 1 is 1.40 bits per heavy atom. The lowest BCUT2D eigenvalue weighted by Gasteiger charge is -2.34. The van der Waals surface area contributed by atoms with Crippen LogP contribution in [0.15, 0.2) is 6.33 Å². The number of rotatable bonds is 10. The summed E-state index contributed by atoms with van der Waals surface area (Å²) >= 11 is 7.93. The van der Waals surface area contributed by atoms with Gasteiger partial charge >= 0.3 is 13.9 Å². The molecule has 2 aliphatic rings. The van der Waals surface area contributed by atoms with Gasteiger partial charge in [0.25, 0.3) is 0 Å². The summed E-state index contributed by atoms with van der Waals surface area (Å²) in [5.74, 6) is 0.390. The van der Waals surface area contributed by atoms with E-state index >= 15 is 0 Å². The number of carbonyl (C=O) groups is 2. The fourth-order valence-corrected chi connectivity index (χ4v) is 6.96. The number of carbonyl (C=O) groups excluding carboxylic acids is 2. The van der Waals surface area contributed by atoms with Crippen molar-refractivity contribution in [1.82, 2.24) is 24.8 Å². The standard InChI is InChI=1S/C22H32ClN6O9PS/c1-6-34-16-13-15(27-19(24)28-16)29(11-26-13)17-22(4,23)14-12(37-17)9-36-39(32,38-14)35-7-8-40-18(30)21(2,3)10-25-20(31)33-5/h11-12,14,17H,6-10H2,1-5H3,(H,25,31)(H2,24,27,28)/t12-,14-,17-,22-,39?/m1/s1. The van der Waals surface area contributed by atoms with Crippen molar-refractivity contribution in [2.75, 3.05) is 45.0 Å². The fourth-order valence-electron chi connectivity index (χ4n) is 4.14. The number of hydrogen-bond donors (Lipinski definition) is 2. The monoisotopic (exact) mass is 622 g/mol. The van der Waals surface area contributed by atoms with Crippen molar-refractivity contribution in [1.29, 1.82) is 0 Å². The molecule has 2 aromatic rings. The molecule has 5 atom stereocenters. The van der Waals surface area contributed by atoms with E-state index in [-0.39, 0.29) is 42.5 Å². The second kappa shape index (κ2) is 12.0. The molecule has 40 heavy (non-hydrogen) atoms. The van der Waals surface area contributed by atoms with Gasteiger partial charge in [0.1, 0.15) is 17.1 Å². The minimum atomic E-state index is -4.02. The number of amides is 1. The highest BCUT2D eigenvalue weighted by atomic mass is 35.5. The number of alkyl carbamates (subject to hydrolysis) is 1. The maximum Gasteiger partial charge on any atom is 0.475 e. The molecule has 2 aliphatic heterocycles. The molecule has 4 rings (SSSR count). The number of alkyl halides is 1. The largest absolute Gasteiger partial charge is 0.476 e. The van der Waals surface area contributed by atoms with Crippen LogP contribution in [0.25, 0.3) is 11.2 Å². The third-order valence-corrected chi connectivity index (χ3v) is 9.28. The molecule has 18 heteroatoms. The lowest BCUT2D eigenvalue weighted by atomic mass is 9.96. The highest BCUT2D eigenvalue weighted by molar-refractivity contribution is 8.13. The summed E-state index contributed by atoms with van der Waals surface area (Å²) < 4.78 is 47.7. The van der Waals surface area contributed by atoms with Crippen molar-refractivity contribution >= 4 is 59.5 Å². The summed E-state index contributed by atoms with van der Waals surface area (Å²) in [6, 6.07) is 0. The van der Waals surface area contributed by atoms with Crippen LogP contribution < -0.4 is 15.8 Å². The summed E-state index contributed by atoms with van der Waals surface area (Å²) in [5, 5.41) is 2.31. The average Bonchev–Trinajstić information content (AvgIpc) is 3.42. The maximum absolute atomic E-state index is 13.3. The molecule has 0 spiro atoms. The first kappa shape index (κ1) is 30.8. The van der Waals surface area contributed by atoms with Gasteiger partial charge in [-0.25, -0.2) is 14.3 Å². The Morgan fingerprint density at radius 2 is 2.15 bits per heavy atom. The lowest BCUT2D eigenvalue weighted by Crippen LogP contribution is -2.44. The van der Waals surface area contributed by atoms with E-state index in [1.807, 2.05) is 6.92 Å². The number of nitrogens with zero attached hydrogens (tertiary/aromatic N) is 4. The Morgan fingerprint density at radius 3 is 2.85 bits per heavy atom. The zero-order valence-electron chi connectivity index (χ0n) is 22.6. The number of phosphoric ester groups is 1. The van der Waals surface area contributed by atoms with Crippen molar-refractivity contribution in [3.8, 4) is 5.88 Å². The van der Waals surface area contributed by atoms with Crippen LogP contribution in [0.4, 0.5) is 10.7 Å². The van der Waals surface area contributed by atoms with Gasteiger partial charge in [-0.2, -0.15) is 9.97 Å². The first-order chi connectivity index (χ1) is 18.8. The molecule has 4 heterocycles. The number of ether oxygens (including phenoxy) is 3. The Hall–Kier alpha value is -2.20. The molecule has 0 saturated carbocycles. The number of aromatic nitrogens is 4. The summed E-state index contributed by atoms with van der Waals surface area (Å²) in [7, 11) is -2.78. The SMILES string of the molecule is CCOc1nc(N)nc2c1ncn2[C@@H]1O[C@@H]2COP(=O)(OCCSC(=O)C(C)(C)CNC(=O)OC)O[C@H]2[C@@]1(C)Cl. The van der Waals surface area contributed by atoms with Crippen molar-refractivity contribution < 1.29 is 41.9 Å². The number of halogens is 1. The number of hydrogen-bond acceptors (Lipinski definition) is 14.